The molecule has 186 valence electrons. The van der Waals surface area contributed by atoms with Crippen LogP contribution in [0.1, 0.15) is 35.2 Å². The Morgan fingerprint density at radius 3 is 2.37 bits per heavy atom. The number of hydrogen-bond donors (Lipinski definition) is 1. The van der Waals surface area contributed by atoms with Crippen LogP contribution in [-0.4, -0.2) is 35.1 Å². The number of hydroxylamine groups is 1. The van der Waals surface area contributed by atoms with Gasteiger partial charge < -0.3 is 4.90 Å². The van der Waals surface area contributed by atoms with E-state index in [-0.39, 0.29) is 41.9 Å². The molecular weight excluding hydrogens is 483 g/mol. The Kier molecular flexibility index (Phi) is 5.17. The Morgan fingerprint density at radius 2 is 1.80 bits per heavy atom. The summed E-state index contributed by atoms with van der Waals surface area (Å²) in [4.78, 5) is 22.3. The standard InChI is InChI=1S/C23H18F7N3O2/c24-20(11-33(12-20)19(34)13-4-5-13)18-7-6-14(10-31-18)17-9-21(35-32-17,23(28,29)30)15-2-1-3-16(8-15)22(25,26)27/h1-3,6-10,13,32H,4-5,11-12H2. The van der Waals surface area contributed by atoms with Gasteiger partial charge in [-0.25, -0.2) is 4.39 Å². The van der Waals surface area contributed by atoms with Gasteiger partial charge in [0.2, 0.25) is 11.5 Å². The van der Waals surface area contributed by atoms with E-state index in [0.717, 1.165) is 31.2 Å². The molecule has 12 heteroatoms. The molecule has 1 saturated carbocycles. The molecule has 1 aliphatic carbocycles. The highest BCUT2D eigenvalue weighted by molar-refractivity contribution is 5.82. The first-order valence-corrected chi connectivity index (χ1v) is 10.7. The smallest absolute Gasteiger partial charge is 0.335 e. The largest absolute Gasteiger partial charge is 0.428 e. The number of benzene rings is 1. The molecule has 5 nitrogen and oxygen atoms in total. The Morgan fingerprint density at radius 1 is 1.09 bits per heavy atom. The highest BCUT2D eigenvalue weighted by atomic mass is 19.4. The monoisotopic (exact) mass is 501 g/mol. The van der Waals surface area contributed by atoms with Crippen molar-refractivity contribution in [2.45, 2.75) is 36.5 Å². The van der Waals surface area contributed by atoms with E-state index in [1.165, 1.54) is 17.0 Å². The number of aromatic nitrogens is 1. The SMILES string of the molecule is O=C(C1CC1)N1CC(F)(c2ccc(C3=CC(c4cccc(C(F)(F)F)c4)(C(F)(F)F)ON3)cn2)C1. The zero-order chi connectivity index (χ0) is 25.2. The highest BCUT2D eigenvalue weighted by Gasteiger charge is 2.60. The van der Waals surface area contributed by atoms with Gasteiger partial charge >= 0.3 is 12.4 Å². The zero-order valence-electron chi connectivity index (χ0n) is 17.9. The van der Waals surface area contributed by atoms with E-state index in [1.807, 2.05) is 0 Å². The molecule has 2 aromatic rings. The molecule has 0 radical (unpaired) electrons. The van der Waals surface area contributed by atoms with Crippen LogP contribution in [0.25, 0.3) is 5.70 Å². The molecule has 1 amide bonds. The zero-order valence-corrected chi connectivity index (χ0v) is 17.9. The van der Waals surface area contributed by atoms with Crippen LogP contribution in [0.4, 0.5) is 30.7 Å². The van der Waals surface area contributed by atoms with Gasteiger partial charge in [-0.2, -0.15) is 26.3 Å². The van der Waals surface area contributed by atoms with Crippen LogP contribution in [-0.2, 0) is 27.1 Å². The summed E-state index contributed by atoms with van der Waals surface area (Å²) in [5.41, 5.74) is -4.97. The van der Waals surface area contributed by atoms with Crippen molar-refractivity contribution in [3.63, 3.8) is 0 Å². The predicted molar refractivity (Wildman–Crippen MR) is 108 cm³/mol. The predicted octanol–water partition coefficient (Wildman–Crippen LogP) is 4.85. The molecule has 1 aromatic heterocycles. The molecule has 2 fully saturated rings. The maximum Gasteiger partial charge on any atom is 0.428 e. The molecule has 0 bridgehead atoms. The van der Waals surface area contributed by atoms with Crippen molar-refractivity contribution in [1.29, 1.82) is 0 Å². The number of carbonyl (C=O) groups is 1. The Balaban J connectivity index is 1.40. The number of amides is 1. The molecule has 35 heavy (non-hydrogen) atoms. The van der Waals surface area contributed by atoms with Gasteiger partial charge in [-0.05, 0) is 43.2 Å². The normalized spacial score (nSPS) is 24.0. The molecule has 1 atom stereocenters. The van der Waals surface area contributed by atoms with Crippen molar-refractivity contribution in [2.75, 3.05) is 13.1 Å². The van der Waals surface area contributed by atoms with Crippen molar-refractivity contribution < 1.29 is 40.4 Å². The summed E-state index contributed by atoms with van der Waals surface area (Å²) in [6.45, 7) is -0.295. The third kappa shape index (κ3) is 4.03. The third-order valence-corrected chi connectivity index (χ3v) is 6.36. The number of likely N-dealkylation sites (tertiary alicyclic amines) is 1. The summed E-state index contributed by atoms with van der Waals surface area (Å²) >= 11 is 0. The second-order valence-electron chi connectivity index (χ2n) is 8.94. The number of carbonyl (C=O) groups excluding carboxylic acids is 1. The lowest BCUT2D eigenvalue weighted by Gasteiger charge is -2.44. The van der Waals surface area contributed by atoms with Crippen molar-refractivity contribution in [3.05, 3.63) is 71.1 Å². The summed E-state index contributed by atoms with van der Waals surface area (Å²) < 4.78 is 96.6. The molecule has 1 N–H and O–H groups in total. The Bertz CT molecular complexity index is 1180. The molecule has 1 aromatic carbocycles. The molecule has 0 spiro atoms. The quantitative estimate of drug-likeness (QED) is 0.609. The summed E-state index contributed by atoms with van der Waals surface area (Å²) in [6.07, 6.45) is -6.58. The van der Waals surface area contributed by atoms with E-state index in [0.29, 0.717) is 18.2 Å². The fraction of sp³-hybridized carbons (Fsp3) is 0.391. The Hall–Kier alpha value is -3.15. The second-order valence-corrected chi connectivity index (χ2v) is 8.94. The number of nitrogens with zero attached hydrogens (tertiary/aromatic N) is 2. The van der Waals surface area contributed by atoms with Crippen LogP contribution in [0.15, 0.2) is 48.7 Å². The van der Waals surface area contributed by atoms with Gasteiger partial charge in [-0.15, -0.1) is 0 Å². The van der Waals surface area contributed by atoms with Crippen LogP contribution in [0.2, 0.25) is 0 Å². The van der Waals surface area contributed by atoms with Gasteiger partial charge in [-0.3, -0.25) is 20.1 Å². The minimum atomic E-state index is -5.11. The van der Waals surface area contributed by atoms with Gasteiger partial charge in [0, 0.05) is 23.2 Å². The van der Waals surface area contributed by atoms with Crippen molar-refractivity contribution >= 4 is 11.6 Å². The van der Waals surface area contributed by atoms with Crippen molar-refractivity contribution in [2.24, 2.45) is 5.92 Å². The molecule has 3 aliphatic rings. The number of pyridine rings is 1. The van der Waals surface area contributed by atoms with Gasteiger partial charge in [-0.1, -0.05) is 12.1 Å². The molecule has 3 heterocycles. The van der Waals surface area contributed by atoms with Crippen LogP contribution in [0.3, 0.4) is 0 Å². The number of nitrogens with one attached hydrogen (secondary N) is 1. The summed E-state index contributed by atoms with van der Waals surface area (Å²) in [5, 5.41) is 0. The molecule has 2 aliphatic heterocycles. The minimum Gasteiger partial charge on any atom is -0.335 e. The van der Waals surface area contributed by atoms with Crippen molar-refractivity contribution in [1.82, 2.24) is 15.4 Å². The number of hydrogen-bond acceptors (Lipinski definition) is 4. The second kappa shape index (κ2) is 7.67. The van der Waals surface area contributed by atoms with Gasteiger partial charge in [0.05, 0.1) is 30.0 Å². The van der Waals surface area contributed by atoms with Crippen LogP contribution >= 0.6 is 0 Å². The average Bonchev–Trinajstić information content (AvgIpc) is 3.53. The summed E-state index contributed by atoms with van der Waals surface area (Å²) in [5.74, 6) is -0.133. The average molecular weight is 501 g/mol. The summed E-state index contributed by atoms with van der Waals surface area (Å²) in [7, 11) is 0. The molecule has 1 saturated heterocycles. The van der Waals surface area contributed by atoms with E-state index in [2.05, 4.69) is 10.5 Å². The fourth-order valence-electron chi connectivity index (χ4n) is 4.20. The topological polar surface area (TPSA) is 54.5 Å². The van der Waals surface area contributed by atoms with E-state index in [4.69, 9.17) is 4.84 Å². The minimum absolute atomic E-state index is 0.0283. The van der Waals surface area contributed by atoms with E-state index >= 15 is 4.39 Å². The first-order valence-electron chi connectivity index (χ1n) is 10.7. The van der Waals surface area contributed by atoms with E-state index < -0.39 is 34.7 Å². The lowest BCUT2D eigenvalue weighted by atomic mass is 9.89. The summed E-state index contributed by atoms with van der Waals surface area (Å²) in [6, 6.07) is 5.44. The molecule has 5 rings (SSSR count). The maximum atomic E-state index is 15.1. The van der Waals surface area contributed by atoms with Crippen LogP contribution < -0.4 is 5.48 Å². The van der Waals surface area contributed by atoms with Gasteiger partial charge in [0.25, 0.3) is 0 Å². The number of alkyl halides is 7. The molecule has 1 unspecified atom stereocenters. The number of rotatable bonds is 4. The Labute approximate surface area is 194 Å². The van der Waals surface area contributed by atoms with Crippen LogP contribution in [0, 0.1) is 5.92 Å². The lowest BCUT2D eigenvalue weighted by Crippen LogP contribution is -2.59. The van der Waals surface area contributed by atoms with E-state index in [1.54, 1.807) is 0 Å². The first kappa shape index (κ1) is 23.6. The first-order chi connectivity index (χ1) is 16.3. The van der Waals surface area contributed by atoms with Gasteiger partial charge in [0.1, 0.15) is 0 Å². The maximum absolute atomic E-state index is 15.1. The lowest BCUT2D eigenvalue weighted by molar-refractivity contribution is -0.269. The van der Waals surface area contributed by atoms with Crippen LogP contribution in [0.5, 0.6) is 0 Å². The highest BCUT2D eigenvalue weighted by Crippen LogP contribution is 2.48. The van der Waals surface area contributed by atoms with E-state index in [9.17, 15) is 31.1 Å². The fourth-order valence-corrected chi connectivity index (χ4v) is 4.20. The molecular formula is C23H18F7N3O2. The van der Waals surface area contributed by atoms with Crippen molar-refractivity contribution in [3.8, 4) is 0 Å². The third-order valence-electron chi connectivity index (χ3n) is 6.36. The van der Waals surface area contributed by atoms with Gasteiger partial charge in [0.15, 0.2) is 5.67 Å². The number of halogens is 7.